The number of carboxylic acid groups (broad SMARTS) is 1. The van der Waals surface area contributed by atoms with E-state index in [9.17, 15) is 27.2 Å². The van der Waals surface area contributed by atoms with Gasteiger partial charge in [0.15, 0.2) is 0 Å². The number of carbonyl (C=O) groups excluding carboxylic acids is 1. The fourth-order valence-corrected chi connectivity index (χ4v) is 1.58. The van der Waals surface area contributed by atoms with Crippen LogP contribution in [0, 0.1) is 5.82 Å². The maximum absolute atomic E-state index is 12.8. The van der Waals surface area contributed by atoms with E-state index >= 15 is 0 Å². The highest BCUT2D eigenvalue weighted by atomic mass is 35.5. The van der Waals surface area contributed by atoms with E-state index in [1.807, 2.05) is 5.32 Å². The highest BCUT2D eigenvalue weighted by Crippen LogP contribution is 2.23. The number of anilines is 1. The average Bonchev–Trinajstić information content (AvgIpc) is 2.29. The van der Waals surface area contributed by atoms with Crippen molar-refractivity contribution in [1.82, 2.24) is 4.90 Å². The lowest BCUT2D eigenvalue weighted by Gasteiger charge is -2.22. The first-order chi connectivity index (χ1) is 9.58. The number of nitrogens with zero attached hydrogens (tertiary/aromatic N) is 1. The van der Waals surface area contributed by atoms with Crippen molar-refractivity contribution < 1.29 is 32.3 Å². The molecule has 0 aromatic heterocycles. The number of halogens is 5. The van der Waals surface area contributed by atoms with Gasteiger partial charge in [0.05, 0.1) is 10.7 Å². The number of carboxylic acids is 1. The van der Waals surface area contributed by atoms with Crippen molar-refractivity contribution in [2.45, 2.75) is 6.18 Å². The molecular formula is C11H9ClF4N2O3. The molecule has 2 N–H and O–H groups in total. The Morgan fingerprint density at radius 3 is 2.43 bits per heavy atom. The Bertz CT molecular complexity index is 551. The Hall–Kier alpha value is -2.03. The summed E-state index contributed by atoms with van der Waals surface area (Å²) in [5.41, 5.74) is -0.138. The van der Waals surface area contributed by atoms with Crippen LogP contribution in [-0.4, -0.2) is 41.3 Å². The molecule has 10 heteroatoms. The number of hydrogen-bond donors (Lipinski definition) is 2. The van der Waals surface area contributed by atoms with Crippen molar-refractivity contribution in [3.63, 3.8) is 0 Å². The van der Waals surface area contributed by atoms with Crippen LogP contribution < -0.4 is 5.32 Å². The summed E-state index contributed by atoms with van der Waals surface area (Å²) in [6.45, 7) is -2.89. The monoisotopic (exact) mass is 328 g/mol. The molecule has 0 saturated heterocycles. The van der Waals surface area contributed by atoms with Crippen LogP contribution in [0.2, 0.25) is 5.02 Å². The Kier molecular flexibility index (Phi) is 5.36. The molecule has 0 radical (unpaired) electrons. The number of nitrogens with one attached hydrogen (secondary N) is 1. The molecule has 1 aromatic rings. The molecular weight excluding hydrogens is 320 g/mol. The Balaban J connectivity index is 2.87. The van der Waals surface area contributed by atoms with Crippen LogP contribution in [0.1, 0.15) is 0 Å². The topological polar surface area (TPSA) is 69.6 Å². The SMILES string of the molecule is O=C(O)CN(CC(F)(F)F)C(=O)Nc1ccc(F)cc1Cl. The van der Waals surface area contributed by atoms with Gasteiger partial charge >= 0.3 is 18.2 Å². The predicted molar refractivity (Wildman–Crippen MR) is 65.7 cm³/mol. The smallest absolute Gasteiger partial charge is 0.406 e. The highest BCUT2D eigenvalue weighted by molar-refractivity contribution is 6.33. The fourth-order valence-electron chi connectivity index (χ4n) is 1.36. The van der Waals surface area contributed by atoms with Crippen molar-refractivity contribution in [1.29, 1.82) is 0 Å². The second kappa shape index (κ2) is 6.61. The molecule has 0 fully saturated rings. The second-order valence-corrected chi connectivity index (χ2v) is 4.33. The zero-order chi connectivity index (χ0) is 16.2. The van der Waals surface area contributed by atoms with Crippen LogP contribution in [0.3, 0.4) is 0 Å². The number of urea groups is 1. The second-order valence-electron chi connectivity index (χ2n) is 3.92. The molecule has 2 amide bonds. The lowest BCUT2D eigenvalue weighted by atomic mass is 10.3. The third-order valence-electron chi connectivity index (χ3n) is 2.16. The van der Waals surface area contributed by atoms with Gasteiger partial charge in [-0.25, -0.2) is 9.18 Å². The van der Waals surface area contributed by atoms with Crippen LogP contribution in [0.4, 0.5) is 28.0 Å². The quantitative estimate of drug-likeness (QED) is 0.835. The number of carbonyl (C=O) groups is 2. The summed E-state index contributed by atoms with van der Waals surface area (Å²) in [5.74, 6) is -2.31. The van der Waals surface area contributed by atoms with E-state index in [-0.39, 0.29) is 15.6 Å². The molecule has 5 nitrogen and oxygen atoms in total. The van der Waals surface area contributed by atoms with Crippen LogP contribution in [0.25, 0.3) is 0 Å². The van der Waals surface area contributed by atoms with Gasteiger partial charge in [0.2, 0.25) is 0 Å². The lowest BCUT2D eigenvalue weighted by Crippen LogP contribution is -2.44. The largest absolute Gasteiger partial charge is 0.480 e. The summed E-state index contributed by atoms with van der Waals surface area (Å²) >= 11 is 5.61. The first kappa shape index (κ1) is 17.0. The van der Waals surface area contributed by atoms with E-state index < -0.39 is 37.1 Å². The van der Waals surface area contributed by atoms with Crippen LogP contribution in [0.5, 0.6) is 0 Å². The molecule has 0 spiro atoms. The van der Waals surface area contributed by atoms with Gasteiger partial charge in [-0.2, -0.15) is 13.2 Å². The van der Waals surface area contributed by atoms with Gasteiger partial charge < -0.3 is 15.3 Å². The Labute approximate surface area is 121 Å². The predicted octanol–water partition coefficient (Wildman–Crippen LogP) is 2.96. The molecule has 1 aromatic carbocycles. The van der Waals surface area contributed by atoms with E-state index in [1.165, 1.54) is 0 Å². The van der Waals surface area contributed by atoms with Crippen LogP contribution >= 0.6 is 11.6 Å². The molecule has 0 unspecified atom stereocenters. The number of alkyl halides is 3. The number of benzene rings is 1. The van der Waals surface area contributed by atoms with Gasteiger partial charge in [0, 0.05) is 0 Å². The van der Waals surface area contributed by atoms with E-state index in [0.717, 1.165) is 18.2 Å². The normalized spacial score (nSPS) is 11.1. The molecule has 0 atom stereocenters. The zero-order valence-electron chi connectivity index (χ0n) is 10.2. The first-order valence-corrected chi connectivity index (χ1v) is 5.76. The van der Waals surface area contributed by atoms with E-state index in [0.29, 0.717) is 0 Å². The number of hydrogen-bond acceptors (Lipinski definition) is 2. The number of amides is 2. The number of aliphatic carboxylic acids is 1. The first-order valence-electron chi connectivity index (χ1n) is 5.38. The lowest BCUT2D eigenvalue weighted by molar-refractivity contribution is -0.148. The molecule has 1 rings (SSSR count). The van der Waals surface area contributed by atoms with Gasteiger partial charge in [-0.3, -0.25) is 4.79 Å². The van der Waals surface area contributed by atoms with Gasteiger partial charge in [-0.05, 0) is 18.2 Å². The molecule has 0 heterocycles. The zero-order valence-corrected chi connectivity index (χ0v) is 11.0. The fraction of sp³-hybridized carbons (Fsp3) is 0.273. The highest BCUT2D eigenvalue weighted by Gasteiger charge is 2.34. The third kappa shape index (κ3) is 5.86. The summed E-state index contributed by atoms with van der Waals surface area (Å²) in [7, 11) is 0. The van der Waals surface area contributed by atoms with Gasteiger partial charge in [-0.15, -0.1) is 0 Å². The minimum Gasteiger partial charge on any atom is -0.480 e. The van der Waals surface area contributed by atoms with Gasteiger partial charge in [0.1, 0.15) is 18.9 Å². The summed E-state index contributed by atoms with van der Waals surface area (Å²) in [5, 5.41) is 10.3. The molecule has 0 bridgehead atoms. The molecule has 0 aliphatic carbocycles. The average molecular weight is 329 g/mol. The van der Waals surface area contributed by atoms with Crippen LogP contribution in [0.15, 0.2) is 18.2 Å². The molecule has 116 valence electrons. The molecule has 0 aliphatic rings. The summed E-state index contributed by atoms with van der Waals surface area (Å²) in [4.78, 5) is 22.2. The molecule has 0 aliphatic heterocycles. The van der Waals surface area contributed by atoms with Gasteiger partial charge in [-0.1, -0.05) is 11.6 Å². The summed E-state index contributed by atoms with van der Waals surface area (Å²) in [6.07, 6.45) is -4.76. The van der Waals surface area contributed by atoms with Crippen molar-refractivity contribution in [3.05, 3.63) is 29.0 Å². The van der Waals surface area contributed by atoms with E-state index in [2.05, 4.69) is 0 Å². The van der Waals surface area contributed by atoms with Crippen molar-refractivity contribution in [3.8, 4) is 0 Å². The number of rotatable bonds is 4. The Morgan fingerprint density at radius 1 is 1.33 bits per heavy atom. The minimum absolute atomic E-state index is 0.0437. The summed E-state index contributed by atoms with van der Waals surface area (Å²) < 4.78 is 49.7. The molecule has 21 heavy (non-hydrogen) atoms. The van der Waals surface area contributed by atoms with Crippen LogP contribution in [-0.2, 0) is 4.79 Å². The van der Waals surface area contributed by atoms with Crippen molar-refractivity contribution >= 4 is 29.3 Å². The maximum Gasteiger partial charge on any atom is 0.406 e. The van der Waals surface area contributed by atoms with Crippen molar-refractivity contribution in [2.24, 2.45) is 0 Å². The van der Waals surface area contributed by atoms with Gasteiger partial charge in [0.25, 0.3) is 0 Å². The molecule has 0 saturated carbocycles. The standard InChI is InChI=1S/C11H9ClF4N2O3/c12-7-3-6(13)1-2-8(7)17-10(21)18(4-9(19)20)5-11(14,15)16/h1-3H,4-5H2,(H,17,21)(H,19,20). The van der Waals surface area contributed by atoms with Crippen molar-refractivity contribution in [2.75, 3.05) is 18.4 Å². The third-order valence-corrected chi connectivity index (χ3v) is 2.47. The van der Waals surface area contributed by atoms with E-state index in [4.69, 9.17) is 16.7 Å². The maximum atomic E-state index is 12.8. The summed E-state index contributed by atoms with van der Waals surface area (Å²) in [6, 6.07) is 1.51. The van der Waals surface area contributed by atoms with E-state index in [1.54, 1.807) is 0 Å². The Morgan fingerprint density at radius 2 is 1.95 bits per heavy atom. The minimum atomic E-state index is -4.76.